The highest BCUT2D eigenvalue weighted by molar-refractivity contribution is 5.88. The zero-order valence-electron chi connectivity index (χ0n) is 10.4. The van der Waals surface area contributed by atoms with Crippen LogP contribution in [0.4, 0.5) is 0 Å². The topological polar surface area (TPSA) is 35.5 Å². The van der Waals surface area contributed by atoms with E-state index in [0.29, 0.717) is 13.0 Å². The molecular weight excluding hydrogens is 228 g/mol. The van der Waals surface area contributed by atoms with Crippen LogP contribution >= 0.6 is 0 Å². The number of hydrogen-bond donors (Lipinski definition) is 0. The number of cyclic esters (lactones) is 1. The fraction of sp³-hybridized carbons (Fsp3) is 0.267. The zero-order valence-corrected chi connectivity index (χ0v) is 10.4. The summed E-state index contributed by atoms with van der Waals surface area (Å²) in [6, 6.07) is 7.52. The van der Waals surface area contributed by atoms with Gasteiger partial charge in [-0.25, -0.2) is 0 Å². The standard InChI is InChI=1S/C15H16O3/c1-3-9-15(10-11-18-14(15)16)12-5-7-13(8-6-12)17-4-2/h3,5-8,10-11H,1,4,9H2,2H3. The maximum atomic E-state index is 11.9. The third kappa shape index (κ3) is 2.04. The van der Waals surface area contributed by atoms with Crippen LogP contribution in [0, 0.1) is 0 Å². The highest BCUT2D eigenvalue weighted by Crippen LogP contribution is 2.36. The van der Waals surface area contributed by atoms with Crippen LogP contribution in [0.3, 0.4) is 0 Å². The summed E-state index contributed by atoms with van der Waals surface area (Å²) in [4.78, 5) is 11.9. The maximum absolute atomic E-state index is 11.9. The molecule has 1 unspecified atom stereocenters. The van der Waals surface area contributed by atoms with E-state index in [9.17, 15) is 4.79 Å². The molecule has 1 aliphatic rings. The van der Waals surface area contributed by atoms with Gasteiger partial charge in [0.1, 0.15) is 11.2 Å². The molecule has 1 aliphatic heterocycles. The number of esters is 1. The molecule has 3 nitrogen and oxygen atoms in total. The van der Waals surface area contributed by atoms with Crippen molar-refractivity contribution in [2.24, 2.45) is 0 Å². The molecule has 0 amide bonds. The Morgan fingerprint density at radius 2 is 2.11 bits per heavy atom. The summed E-state index contributed by atoms with van der Waals surface area (Å²) in [6.45, 7) is 6.27. The predicted molar refractivity (Wildman–Crippen MR) is 69.3 cm³/mol. The molecular formula is C15H16O3. The number of rotatable bonds is 5. The van der Waals surface area contributed by atoms with Gasteiger partial charge in [-0.05, 0) is 37.1 Å². The Kier molecular flexibility index (Phi) is 3.51. The van der Waals surface area contributed by atoms with Gasteiger partial charge in [-0.3, -0.25) is 4.79 Å². The van der Waals surface area contributed by atoms with E-state index in [0.717, 1.165) is 11.3 Å². The molecule has 18 heavy (non-hydrogen) atoms. The molecule has 0 aromatic heterocycles. The number of benzene rings is 1. The third-order valence-electron chi connectivity index (χ3n) is 3.04. The number of hydrogen-bond acceptors (Lipinski definition) is 3. The van der Waals surface area contributed by atoms with Crippen molar-refractivity contribution in [2.45, 2.75) is 18.8 Å². The summed E-state index contributed by atoms with van der Waals surface area (Å²) in [5.74, 6) is 0.539. The van der Waals surface area contributed by atoms with Gasteiger partial charge in [-0.1, -0.05) is 18.2 Å². The van der Waals surface area contributed by atoms with E-state index in [4.69, 9.17) is 9.47 Å². The van der Waals surface area contributed by atoms with Gasteiger partial charge in [0.25, 0.3) is 0 Å². The lowest BCUT2D eigenvalue weighted by Crippen LogP contribution is -2.30. The molecule has 94 valence electrons. The molecule has 0 N–H and O–H groups in total. The van der Waals surface area contributed by atoms with Crippen molar-refractivity contribution in [3.05, 3.63) is 54.8 Å². The lowest BCUT2D eigenvalue weighted by atomic mass is 9.78. The molecule has 0 aliphatic carbocycles. The van der Waals surface area contributed by atoms with E-state index in [2.05, 4.69) is 6.58 Å². The Hall–Kier alpha value is -2.03. The molecule has 1 aromatic carbocycles. The van der Waals surface area contributed by atoms with E-state index in [1.165, 1.54) is 6.26 Å². The summed E-state index contributed by atoms with van der Waals surface area (Å²) in [7, 11) is 0. The Morgan fingerprint density at radius 1 is 1.39 bits per heavy atom. The van der Waals surface area contributed by atoms with Crippen LogP contribution in [0.5, 0.6) is 5.75 Å². The summed E-state index contributed by atoms with van der Waals surface area (Å²) in [5.41, 5.74) is 0.163. The molecule has 1 heterocycles. The normalized spacial score (nSPS) is 21.7. The van der Waals surface area contributed by atoms with Gasteiger partial charge in [0, 0.05) is 0 Å². The molecule has 0 saturated heterocycles. The largest absolute Gasteiger partial charge is 0.494 e. The molecule has 3 heteroatoms. The van der Waals surface area contributed by atoms with Gasteiger partial charge in [0.15, 0.2) is 0 Å². The van der Waals surface area contributed by atoms with E-state index in [-0.39, 0.29) is 5.97 Å². The van der Waals surface area contributed by atoms with Crippen LogP contribution in [0.25, 0.3) is 0 Å². The van der Waals surface area contributed by atoms with Gasteiger partial charge in [0.05, 0.1) is 12.9 Å². The second kappa shape index (κ2) is 5.08. The first-order valence-electron chi connectivity index (χ1n) is 5.96. The van der Waals surface area contributed by atoms with Crippen molar-refractivity contribution in [2.75, 3.05) is 6.61 Å². The number of allylic oxidation sites excluding steroid dienone is 1. The molecule has 0 radical (unpaired) electrons. The molecule has 0 saturated carbocycles. The van der Waals surface area contributed by atoms with Crippen molar-refractivity contribution in [3.63, 3.8) is 0 Å². The molecule has 0 fully saturated rings. The van der Waals surface area contributed by atoms with Crippen molar-refractivity contribution < 1.29 is 14.3 Å². The molecule has 1 aromatic rings. The van der Waals surface area contributed by atoms with Crippen molar-refractivity contribution in [3.8, 4) is 5.75 Å². The van der Waals surface area contributed by atoms with Gasteiger partial charge >= 0.3 is 5.97 Å². The van der Waals surface area contributed by atoms with E-state index < -0.39 is 5.41 Å². The SMILES string of the molecule is C=CCC1(c2ccc(OCC)cc2)C=COC1=O. The van der Waals surface area contributed by atoms with Gasteiger partial charge < -0.3 is 9.47 Å². The van der Waals surface area contributed by atoms with Crippen molar-refractivity contribution >= 4 is 5.97 Å². The van der Waals surface area contributed by atoms with Gasteiger partial charge in [0.2, 0.25) is 0 Å². The van der Waals surface area contributed by atoms with Crippen LogP contribution in [0.1, 0.15) is 18.9 Å². The van der Waals surface area contributed by atoms with Crippen LogP contribution in [-0.2, 0) is 14.9 Å². The average Bonchev–Trinajstić information content (AvgIpc) is 2.74. The Morgan fingerprint density at radius 3 is 2.61 bits per heavy atom. The minimum atomic E-state index is -0.730. The molecule has 0 spiro atoms. The first-order valence-corrected chi connectivity index (χ1v) is 5.96. The quantitative estimate of drug-likeness (QED) is 0.590. The predicted octanol–water partition coefficient (Wildman–Crippen LogP) is 2.97. The lowest BCUT2D eigenvalue weighted by Gasteiger charge is -2.22. The first-order chi connectivity index (χ1) is 8.73. The molecule has 1 atom stereocenters. The minimum Gasteiger partial charge on any atom is -0.494 e. The van der Waals surface area contributed by atoms with Crippen LogP contribution in [-0.4, -0.2) is 12.6 Å². The first kappa shape index (κ1) is 12.4. The highest BCUT2D eigenvalue weighted by atomic mass is 16.5. The van der Waals surface area contributed by atoms with Gasteiger partial charge in [-0.15, -0.1) is 6.58 Å². The fourth-order valence-corrected chi connectivity index (χ4v) is 2.11. The summed E-state index contributed by atoms with van der Waals surface area (Å²) in [5, 5.41) is 0. The molecule has 2 rings (SSSR count). The van der Waals surface area contributed by atoms with E-state index in [1.54, 1.807) is 12.2 Å². The van der Waals surface area contributed by atoms with Crippen LogP contribution < -0.4 is 4.74 Å². The minimum absolute atomic E-state index is 0.258. The Balaban J connectivity index is 2.34. The number of carbonyl (C=O) groups excluding carboxylic acids is 1. The summed E-state index contributed by atoms with van der Waals surface area (Å²) in [6.07, 6.45) is 5.48. The Bertz CT molecular complexity index is 473. The van der Waals surface area contributed by atoms with Gasteiger partial charge in [-0.2, -0.15) is 0 Å². The van der Waals surface area contributed by atoms with Crippen LogP contribution in [0.15, 0.2) is 49.3 Å². The Labute approximate surface area is 107 Å². The van der Waals surface area contributed by atoms with Crippen molar-refractivity contribution in [1.29, 1.82) is 0 Å². The number of ether oxygens (including phenoxy) is 2. The second-order valence-electron chi connectivity index (χ2n) is 4.13. The van der Waals surface area contributed by atoms with Crippen molar-refractivity contribution in [1.82, 2.24) is 0 Å². The third-order valence-corrected chi connectivity index (χ3v) is 3.04. The molecule has 0 bridgehead atoms. The highest BCUT2D eigenvalue weighted by Gasteiger charge is 2.41. The van der Waals surface area contributed by atoms with Crippen LogP contribution in [0.2, 0.25) is 0 Å². The second-order valence-corrected chi connectivity index (χ2v) is 4.13. The van der Waals surface area contributed by atoms with E-state index >= 15 is 0 Å². The zero-order chi connectivity index (χ0) is 13.0. The fourth-order valence-electron chi connectivity index (χ4n) is 2.11. The summed E-state index contributed by atoms with van der Waals surface area (Å²) >= 11 is 0. The maximum Gasteiger partial charge on any atom is 0.325 e. The summed E-state index contributed by atoms with van der Waals surface area (Å²) < 4.78 is 10.3. The average molecular weight is 244 g/mol. The number of carbonyl (C=O) groups is 1. The smallest absolute Gasteiger partial charge is 0.325 e. The van der Waals surface area contributed by atoms with E-state index in [1.807, 2.05) is 31.2 Å². The monoisotopic (exact) mass is 244 g/mol. The lowest BCUT2D eigenvalue weighted by molar-refractivity contribution is -0.140.